The van der Waals surface area contributed by atoms with E-state index in [9.17, 15) is 5.11 Å². The van der Waals surface area contributed by atoms with Crippen molar-refractivity contribution >= 4 is 12.2 Å². The number of phenolic OH excluding ortho intramolecular Hbond substituents is 1. The molecule has 28 heavy (non-hydrogen) atoms. The molecule has 136 valence electrons. The zero-order valence-electron chi connectivity index (χ0n) is 15.6. The van der Waals surface area contributed by atoms with Gasteiger partial charge in [0.15, 0.2) is 0 Å². The predicted octanol–water partition coefficient (Wildman–Crippen LogP) is 6.00. The van der Waals surface area contributed by atoms with Crippen LogP contribution in [0.25, 0.3) is 34.7 Å². The van der Waals surface area contributed by atoms with Gasteiger partial charge in [-0.15, -0.1) is 0 Å². The molecule has 0 amide bonds. The SMILES string of the molecule is Cc1nc(-c2ccccc2O)c(/C=C/c2ccccc2)nc1-c1ccccc1. The Labute approximate surface area is 164 Å². The molecule has 3 nitrogen and oxygen atoms in total. The maximum absolute atomic E-state index is 10.4. The number of aryl methyl sites for hydroxylation is 1. The van der Waals surface area contributed by atoms with Crippen LogP contribution >= 0.6 is 0 Å². The molecule has 3 aromatic carbocycles. The molecule has 0 atom stereocenters. The van der Waals surface area contributed by atoms with Crippen molar-refractivity contribution in [2.75, 3.05) is 0 Å². The fourth-order valence-corrected chi connectivity index (χ4v) is 3.13. The number of nitrogens with zero attached hydrogens (tertiary/aromatic N) is 2. The van der Waals surface area contributed by atoms with Crippen molar-refractivity contribution in [1.29, 1.82) is 0 Å². The molecule has 0 bridgehead atoms. The molecule has 0 aliphatic heterocycles. The molecule has 1 heterocycles. The van der Waals surface area contributed by atoms with Gasteiger partial charge in [-0.25, -0.2) is 9.97 Å². The van der Waals surface area contributed by atoms with E-state index < -0.39 is 0 Å². The number of rotatable bonds is 4. The number of hydrogen-bond donors (Lipinski definition) is 1. The van der Waals surface area contributed by atoms with E-state index in [2.05, 4.69) is 0 Å². The summed E-state index contributed by atoms with van der Waals surface area (Å²) in [6.07, 6.45) is 3.97. The average Bonchev–Trinajstić information content (AvgIpc) is 2.74. The molecule has 4 aromatic rings. The summed E-state index contributed by atoms with van der Waals surface area (Å²) in [5.74, 6) is 0.193. The fourth-order valence-electron chi connectivity index (χ4n) is 3.13. The molecule has 0 aliphatic rings. The number of aromatic nitrogens is 2. The van der Waals surface area contributed by atoms with Crippen molar-refractivity contribution in [1.82, 2.24) is 9.97 Å². The maximum Gasteiger partial charge on any atom is 0.125 e. The molecule has 0 saturated heterocycles. The summed E-state index contributed by atoms with van der Waals surface area (Å²) >= 11 is 0. The average molecular weight is 364 g/mol. The Hall–Kier alpha value is -3.72. The van der Waals surface area contributed by atoms with E-state index in [0.717, 1.165) is 28.2 Å². The molecule has 3 heteroatoms. The molecule has 0 fully saturated rings. The smallest absolute Gasteiger partial charge is 0.125 e. The van der Waals surface area contributed by atoms with E-state index >= 15 is 0 Å². The third-order valence-electron chi connectivity index (χ3n) is 4.54. The minimum atomic E-state index is 0.193. The van der Waals surface area contributed by atoms with E-state index in [1.807, 2.05) is 91.9 Å². The van der Waals surface area contributed by atoms with E-state index in [0.29, 0.717) is 11.3 Å². The molecule has 0 saturated carbocycles. The standard InChI is InChI=1S/C25H20N2O/c1-18-24(20-12-6-3-7-13-20)27-22(17-16-19-10-4-2-5-11-19)25(26-18)21-14-8-9-15-23(21)28/h2-17,28H,1H3/b17-16+. The van der Waals surface area contributed by atoms with Crippen LogP contribution in [0, 0.1) is 6.92 Å². The van der Waals surface area contributed by atoms with Crippen LogP contribution in [-0.4, -0.2) is 15.1 Å². The van der Waals surface area contributed by atoms with Gasteiger partial charge in [0.05, 0.1) is 22.8 Å². The van der Waals surface area contributed by atoms with E-state index in [1.54, 1.807) is 12.1 Å². The van der Waals surface area contributed by atoms with Gasteiger partial charge in [0.1, 0.15) is 5.75 Å². The highest BCUT2D eigenvalue weighted by atomic mass is 16.3. The molecule has 0 spiro atoms. The Bertz CT molecular complexity index is 1120. The third-order valence-corrected chi connectivity index (χ3v) is 4.54. The lowest BCUT2D eigenvalue weighted by Crippen LogP contribution is -2.00. The molecule has 1 aromatic heterocycles. The minimum absolute atomic E-state index is 0.193. The number of hydrogen-bond acceptors (Lipinski definition) is 3. The summed E-state index contributed by atoms with van der Waals surface area (Å²) < 4.78 is 0. The lowest BCUT2D eigenvalue weighted by Gasteiger charge is -2.12. The second-order valence-electron chi connectivity index (χ2n) is 6.52. The van der Waals surface area contributed by atoms with Crippen LogP contribution in [0.4, 0.5) is 0 Å². The van der Waals surface area contributed by atoms with E-state index in [-0.39, 0.29) is 5.75 Å². The monoisotopic (exact) mass is 364 g/mol. The first-order valence-corrected chi connectivity index (χ1v) is 9.18. The van der Waals surface area contributed by atoms with Gasteiger partial charge in [0.2, 0.25) is 0 Å². The molecular weight excluding hydrogens is 344 g/mol. The second-order valence-corrected chi connectivity index (χ2v) is 6.52. The van der Waals surface area contributed by atoms with Crippen molar-refractivity contribution in [2.24, 2.45) is 0 Å². The summed E-state index contributed by atoms with van der Waals surface area (Å²) in [6, 6.07) is 27.3. The summed E-state index contributed by atoms with van der Waals surface area (Å²) in [6.45, 7) is 1.95. The van der Waals surface area contributed by atoms with Gasteiger partial charge in [-0.1, -0.05) is 78.9 Å². The van der Waals surface area contributed by atoms with Gasteiger partial charge in [-0.3, -0.25) is 0 Å². The quantitative estimate of drug-likeness (QED) is 0.483. The van der Waals surface area contributed by atoms with Gasteiger partial charge in [-0.2, -0.15) is 0 Å². The van der Waals surface area contributed by atoms with Crippen molar-refractivity contribution in [3.63, 3.8) is 0 Å². The van der Waals surface area contributed by atoms with Crippen LogP contribution in [-0.2, 0) is 0 Å². The van der Waals surface area contributed by atoms with E-state index in [4.69, 9.17) is 9.97 Å². The third kappa shape index (κ3) is 3.69. The maximum atomic E-state index is 10.4. The summed E-state index contributed by atoms with van der Waals surface area (Å²) in [5, 5.41) is 10.4. The second kappa shape index (κ2) is 7.89. The fraction of sp³-hybridized carbons (Fsp3) is 0.0400. The van der Waals surface area contributed by atoms with Crippen LogP contribution in [0.5, 0.6) is 5.75 Å². The number of aromatic hydroxyl groups is 1. The molecule has 0 aliphatic carbocycles. The van der Waals surface area contributed by atoms with Crippen molar-refractivity contribution in [3.05, 3.63) is 102 Å². The van der Waals surface area contributed by atoms with Crippen molar-refractivity contribution < 1.29 is 5.11 Å². The van der Waals surface area contributed by atoms with Crippen molar-refractivity contribution in [2.45, 2.75) is 6.92 Å². The lowest BCUT2D eigenvalue weighted by atomic mass is 10.0. The van der Waals surface area contributed by atoms with Crippen LogP contribution in [0.3, 0.4) is 0 Å². The van der Waals surface area contributed by atoms with Crippen LogP contribution in [0.2, 0.25) is 0 Å². The van der Waals surface area contributed by atoms with Gasteiger partial charge >= 0.3 is 0 Å². The first-order chi connectivity index (χ1) is 13.7. The minimum Gasteiger partial charge on any atom is -0.507 e. The first-order valence-electron chi connectivity index (χ1n) is 9.18. The van der Waals surface area contributed by atoms with Gasteiger partial charge < -0.3 is 5.11 Å². The van der Waals surface area contributed by atoms with Gasteiger partial charge in [-0.05, 0) is 30.7 Å². The number of benzene rings is 3. The normalized spacial score (nSPS) is 11.0. The summed E-state index contributed by atoms with van der Waals surface area (Å²) in [4.78, 5) is 9.73. The zero-order valence-corrected chi connectivity index (χ0v) is 15.6. The highest BCUT2D eigenvalue weighted by Gasteiger charge is 2.15. The Balaban J connectivity index is 1.89. The number of para-hydroxylation sites is 1. The predicted molar refractivity (Wildman–Crippen MR) is 115 cm³/mol. The largest absolute Gasteiger partial charge is 0.507 e. The van der Waals surface area contributed by atoms with Gasteiger partial charge in [0.25, 0.3) is 0 Å². The van der Waals surface area contributed by atoms with E-state index in [1.165, 1.54) is 0 Å². The van der Waals surface area contributed by atoms with Crippen molar-refractivity contribution in [3.8, 4) is 28.3 Å². The Morgan fingerprint density at radius 2 is 1.32 bits per heavy atom. The highest BCUT2D eigenvalue weighted by Crippen LogP contribution is 2.32. The number of phenols is 1. The molecular formula is C25H20N2O. The lowest BCUT2D eigenvalue weighted by molar-refractivity contribution is 0.477. The molecule has 0 radical (unpaired) electrons. The Morgan fingerprint density at radius 3 is 2.04 bits per heavy atom. The molecule has 1 N–H and O–H groups in total. The summed E-state index contributed by atoms with van der Waals surface area (Å²) in [7, 11) is 0. The first kappa shape index (κ1) is 17.7. The Kier molecular flexibility index (Phi) is 4.98. The van der Waals surface area contributed by atoms with Crippen LogP contribution in [0.1, 0.15) is 17.0 Å². The van der Waals surface area contributed by atoms with Crippen LogP contribution < -0.4 is 0 Å². The molecule has 4 rings (SSSR count). The Morgan fingerprint density at radius 1 is 0.679 bits per heavy atom. The highest BCUT2D eigenvalue weighted by molar-refractivity contribution is 5.81. The van der Waals surface area contributed by atoms with Crippen LogP contribution in [0.15, 0.2) is 84.9 Å². The van der Waals surface area contributed by atoms with Gasteiger partial charge in [0, 0.05) is 11.1 Å². The molecule has 0 unspecified atom stereocenters. The zero-order chi connectivity index (χ0) is 19.3. The topological polar surface area (TPSA) is 46.0 Å². The summed E-state index contributed by atoms with van der Waals surface area (Å²) in [5.41, 5.74) is 5.82.